The van der Waals surface area contributed by atoms with Gasteiger partial charge in [-0.25, -0.2) is 0 Å². The van der Waals surface area contributed by atoms with Crippen LogP contribution in [0.5, 0.6) is 17.2 Å². The van der Waals surface area contributed by atoms with Crippen molar-refractivity contribution in [3.8, 4) is 17.2 Å². The van der Waals surface area contributed by atoms with Gasteiger partial charge in [-0.05, 0) is 44.6 Å². The lowest BCUT2D eigenvalue weighted by molar-refractivity contribution is 0.381. The molecule has 3 nitrogen and oxygen atoms in total. The molecule has 0 spiro atoms. The molecule has 1 aromatic rings. The quantitative estimate of drug-likeness (QED) is 0.259. The van der Waals surface area contributed by atoms with Crippen molar-refractivity contribution in [2.75, 3.05) is 7.11 Å². The molecule has 1 rings (SSSR count). The third kappa shape index (κ3) is 9.04. The topological polar surface area (TPSA) is 49.7 Å². The molecular weight excluding hydrogens is 312 g/mol. The molecule has 0 saturated heterocycles. The molecule has 0 atom stereocenters. The molecule has 0 amide bonds. The number of hydrogen-bond acceptors (Lipinski definition) is 3. The minimum absolute atomic E-state index is 0.0203. The van der Waals surface area contributed by atoms with Crippen molar-refractivity contribution in [1.29, 1.82) is 0 Å². The van der Waals surface area contributed by atoms with Gasteiger partial charge in [0.1, 0.15) is 5.75 Å². The van der Waals surface area contributed by atoms with Crippen molar-refractivity contribution in [1.82, 2.24) is 0 Å². The Kier molecular flexibility index (Phi) is 11.0. The van der Waals surface area contributed by atoms with Crippen LogP contribution in [0.1, 0.15) is 56.9 Å². The van der Waals surface area contributed by atoms with Crippen molar-refractivity contribution >= 4 is 0 Å². The van der Waals surface area contributed by atoms with E-state index in [1.54, 1.807) is 13.2 Å². The van der Waals surface area contributed by atoms with Gasteiger partial charge in [0.05, 0.1) is 7.11 Å². The van der Waals surface area contributed by atoms with Crippen molar-refractivity contribution in [2.45, 2.75) is 57.8 Å². The molecule has 25 heavy (non-hydrogen) atoms. The van der Waals surface area contributed by atoms with Crippen LogP contribution in [-0.2, 0) is 6.42 Å². The second kappa shape index (κ2) is 13.2. The number of benzene rings is 1. The summed E-state index contributed by atoms with van der Waals surface area (Å²) in [6.07, 6.45) is 20.3. The molecule has 0 radical (unpaired) electrons. The maximum atomic E-state index is 9.89. The van der Waals surface area contributed by atoms with Gasteiger partial charge in [0, 0.05) is 11.6 Å². The molecule has 0 fully saturated rings. The average Bonchev–Trinajstić information content (AvgIpc) is 2.62. The SMILES string of the molecule is C=CC/C=C\C/C=C\CCCCCCCc1cc(OC)cc(O)c1O. The fraction of sp³-hybridized carbons (Fsp3) is 0.455. The highest BCUT2D eigenvalue weighted by molar-refractivity contribution is 5.50. The molecule has 0 aromatic heterocycles. The highest BCUT2D eigenvalue weighted by Crippen LogP contribution is 2.34. The van der Waals surface area contributed by atoms with Gasteiger partial charge >= 0.3 is 0 Å². The summed E-state index contributed by atoms with van der Waals surface area (Å²) in [7, 11) is 1.56. The van der Waals surface area contributed by atoms with Gasteiger partial charge in [-0.2, -0.15) is 0 Å². The molecule has 0 heterocycles. The summed E-state index contributed by atoms with van der Waals surface area (Å²) >= 11 is 0. The van der Waals surface area contributed by atoms with Crippen LogP contribution in [0.15, 0.2) is 49.1 Å². The molecule has 0 saturated carbocycles. The zero-order valence-corrected chi connectivity index (χ0v) is 15.4. The molecule has 1 aromatic carbocycles. The lowest BCUT2D eigenvalue weighted by Crippen LogP contribution is -1.91. The maximum absolute atomic E-state index is 9.89. The Morgan fingerprint density at radius 3 is 2.36 bits per heavy atom. The van der Waals surface area contributed by atoms with Crippen LogP contribution in [0.4, 0.5) is 0 Å². The highest BCUT2D eigenvalue weighted by Gasteiger charge is 2.09. The Hall–Kier alpha value is -2.16. The first-order valence-corrected chi connectivity index (χ1v) is 9.18. The Balaban J connectivity index is 2.10. The van der Waals surface area contributed by atoms with E-state index >= 15 is 0 Å². The lowest BCUT2D eigenvalue weighted by Gasteiger charge is -2.09. The van der Waals surface area contributed by atoms with Crippen LogP contribution in [0.2, 0.25) is 0 Å². The largest absolute Gasteiger partial charge is 0.504 e. The van der Waals surface area contributed by atoms with Gasteiger partial charge in [0.15, 0.2) is 11.5 Å². The summed E-state index contributed by atoms with van der Waals surface area (Å²) in [6, 6.07) is 3.23. The van der Waals surface area contributed by atoms with Crippen molar-refractivity contribution in [3.63, 3.8) is 0 Å². The Morgan fingerprint density at radius 2 is 1.60 bits per heavy atom. The van der Waals surface area contributed by atoms with Gasteiger partial charge in [-0.1, -0.05) is 49.6 Å². The molecule has 0 aliphatic rings. The molecule has 3 heteroatoms. The molecule has 138 valence electrons. The zero-order valence-electron chi connectivity index (χ0n) is 15.4. The normalized spacial score (nSPS) is 11.4. The third-order valence-electron chi connectivity index (χ3n) is 4.10. The summed E-state index contributed by atoms with van der Waals surface area (Å²) in [6.45, 7) is 3.68. The van der Waals surface area contributed by atoms with Crippen molar-refractivity contribution in [2.24, 2.45) is 0 Å². The number of allylic oxidation sites excluding steroid dienone is 5. The standard InChI is InChI=1S/C22H32O3/c1-3-4-5-6-7-8-9-10-11-12-13-14-15-16-19-17-20(25-2)18-21(23)22(19)24/h3,5-6,8-9,17-18,23-24H,1,4,7,10-16H2,2H3/b6-5-,9-8-. The predicted octanol–water partition coefficient (Wildman–Crippen LogP) is 6.07. The van der Waals surface area contributed by atoms with Crippen molar-refractivity contribution in [3.05, 3.63) is 54.7 Å². The second-order valence-corrected chi connectivity index (χ2v) is 6.16. The van der Waals surface area contributed by atoms with Gasteiger partial charge in [0.25, 0.3) is 0 Å². The maximum Gasteiger partial charge on any atom is 0.161 e. The number of rotatable bonds is 13. The molecule has 0 bridgehead atoms. The number of phenols is 2. The second-order valence-electron chi connectivity index (χ2n) is 6.16. The molecule has 0 unspecified atom stereocenters. The van der Waals surface area contributed by atoms with E-state index in [0.29, 0.717) is 5.75 Å². The van der Waals surface area contributed by atoms with E-state index in [0.717, 1.165) is 44.1 Å². The Bertz CT molecular complexity index is 559. The first-order valence-electron chi connectivity index (χ1n) is 9.18. The monoisotopic (exact) mass is 344 g/mol. The number of unbranched alkanes of at least 4 members (excludes halogenated alkanes) is 5. The molecule has 0 aliphatic heterocycles. The summed E-state index contributed by atoms with van der Waals surface area (Å²) in [5.41, 5.74) is 0.754. The number of hydrogen-bond donors (Lipinski definition) is 2. The minimum atomic E-state index is -0.111. The van der Waals surface area contributed by atoms with Gasteiger partial charge in [-0.15, -0.1) is 6.58 Å². The Morgan fingerprint density at radius 1 is 0.920 bits per heavy atom. The Labute approximate surface area is 152 Å². The summed E-state index contributed by atoms with van der Waals surface area (Å²) in [5.74, 6) is 0.449. The average molecular weight is 344 g/mol. The molecule has 2 N–H and O–H groups in total. The summed E-state index contributed by atoms with van der Waals surface area (Å²) in [4.78, 5) is 0. The van der Waals surface area contributed by atoms with Crippen LogP contribution < -0.4 is 4.74 Å². The van der Waals surface area contributed by atoms with E-state index in [-0.39, 0.29) is 11.5 Å². The van der Waals surface area contributed by atoms with E-state index in [1.165, 1.54) is 25.3 Å². The number of aromatic hydroxyl groups is 2. The summed E-state index contributed by atoms with van der Waals surface area (Å²) < 4.78 is 5.12. The van der Waals surface area contributed by atoms with Crippen LogP contribution in [0.3, 0.4) is 0 Å². The van der Waals surface area contributed by atoms with E-state index in [2.05, 4.69) is 30.9 Å². The third-order valence-corrected chi connectivity index (χ3v) is 4.10. The van der Waals surface area contributed by atoms with Crippen LogP contribution in [0.25, 0.3) is 0 Å². The van der Waals surface area contributed by atoms with Gasteiger partial charge in [-0.3, -0.25) is 0 Å². The zero-order chi connectivity index (χ0) is 18.3. The summed E-state index contributed by atoms with van der Waals surface area (Å²) in [5, 5.41) is 19.6. The number of aryl methyl sites for hydroxylation is 1. The van der Waals surface area contributed by atoms with Gasteiger partial charge < -0.3 is 14.9 Å². The number of methoxy groups -OCH3 is 1. The van der Waals surface area contributed by atoms with Crippen LogP contribution in [0, 0.1) is 0 Å². The number of ether oxygens (including phenoxy) is 1. The van der Waals surface area contributed by atoms with E-state index < -0.39 is 0 Å². The molecular formula is C22H32O3. The van der Waals surface area contributed by atoms with Crippen molar-refractivity contribution < 1.29 is 14.9 Å². The molecule has 0 aliphatic carbocycles. The van der Waals surface area contributed by atoms with E-state index in [1.807, 2.05) is 6.08 Å². The van der Waals surface area contributed by atoms with Crippen LogP contribution in [-0.4, -0.2) is 17.3 Å². The first kappa shape index (κ1) is 20.9. The smallest absolute Gasteiger partial charge is 0.161 e. The number of phenolic OH excluding ortho intramolecular Hbond substituents is 2. The highest BCUT2D eigenvalue weighted by atomic mass is 16.5. The first-order chi connectivity index (χ1) is 12.2. The van der Waals surface area contributed by atoms with Gasteiger partial charge in [0.2, 0.25) is 0 Å². The predicted molar refractivity (Wildman–Crippen MR) is 105 cm³/mol. The fourth-order valence-corrected chi connectivity index (χ4v) is 2.65. The fourth-order valence-electron chi connectivity index (χ4n) is 2.65. The van der Waals surface area contributed by atoms with Crippen LogP contribution >= 0.6 is 0 Å². The lowest BCUT2D eigenvalue weighted by atomic mass is 10.0. The van der Waals surface area contributed by atoms with E-state index in [4.69, 9.17) is 4.74 Å². The van der Waals surface area contributed by atoms with E-state index in [9.17, 15) is 10.2 Å². The minimum Gasteiger partial charge on any atom is -0.504 e.